The maximum Gasteiger partial charge on any atom is 0.409 e. The molecule has 0 radical (unpaired) electrons. The Hall–Kier alpha value is -2.57. The summed E-state index contributed by atoms with van der Waals surface area (Å²) in [5.74, 6) is 0.215. The molecular formula is C25H37N3O4. The van der Waals surface area contributed by atoms with Gasteiger partial charge in [0.05, 0.1) is 12.5 Å². The lowest BCUT2D eigenvalue weighted by molar-refractivity contribution is -0.136. The third-order valence-corrected chi connectivity index (χ3v) is 6.13. The lowest BCUT2D eigenvalue weighted by Crippen LogP contribution is -2.47. The van der Waals surface area contributed by atoms with Gasteiger partial charge in [-0.3, -0.25) is 9.59 Å². The quantitative estimate of drug-likeness (QED) is 0.714. The fraction of sp³-hybridized carbons (Fsp3) is 0.640. The van der Waals surface area contributed by atoms with Gasteiger partial charge in [-0.1, -0.05) is 31.0 Å². The predicted molar refractivity (Wildman–Crippen MR) is 123 cm³/mol. The van der Waals surface area contributed by atoms with Crippen molar-refractivity contribution in [3.8, 4) is 0 Å². The molecule has 3 rings (SSSR count). The highest BCUT2D eigenvalue weighted by Gasteiger charge is 2.33. The Morgan fingerprint density at radius 2 is 1.53 bits per heavy atom. The fourth-order valence-corrected chi connectivity index (χ4v) is 4.55. The maximum atomic E-state index is 13.3. The standard InChI is InChI=1S/C25H37N3O4/c1-18(2)17-32-25(31)27-10-6-9-26(11-12-27)23(29)21-7-5-8-28(16-21)24(30)22-14-19(3)13-20(4)15-22/h13-15,18,21H,5-12,16-17H2,1-4H3. The SMILES string of the molecule is Cc1cc(C)cc(C(=O)N2CCCC(C(=O)N3CCCN(C(=O)OCC(C)C)CC3)C2)c1. The minimum Gasteiger partial charge on any atom is -0.449 e. The van der Waals surface area contributed by atoms with Crippen molar-refractivity contribution in [2.75, 3.05) is 45.9 Å². The summed E-state index contributed by atoms with van der Waals surface area (Å²) in [5.41, 5.74) is 2.83. The Bertz CT molecular complexity index is 818. The van der Waals surface area contributed by atoms with Crippen LogP contribution in [0.1, 0.15) is 54.6 Å². The van der Waals surface area contributed by atoms with Gasteiger partial charge in [0.2, 0.25) is 5.91 Å². The molecule has 0 aromatic heterocycles. The number of hydrogen-bond acceptors (Lipinski definition) is 4. The minimum atomic E-state index is -0.295. The highest BCUT2D eigenvalue weighted by atomic mass is 16.6. The van der Waals surface area contributed by atoms with E-state index < -0.39 is 0 Å². The van der Waals surface area contributed by atoms with Crippen LogP contribution in [0.2, 0.25) is 0 Å². The van der Waals surface area contributed by atoms with Crippen LogP contribution in [0.4, 0.5) is 4.79 Å². The number of aryl methyl sites for hydroxylation is 2. The molecule has 176 valence electrons. The Labute approximate surface area is 191 Å². The molecule has 1 atom stereocenters. The highest BCUT2D eigenvalue weighted by Crippen LogP contribution is 2.22. The molecule has 3 amide bonds. The van der Waals surface area contributed by atoms with Crippen LogP contribution in [0.5, 0.6) is 0 Å². The van der Waals surface area contributed by atoms with Crippen LogP contribution < -0.4 is 0 Å². The first-order chi connectivity index (χ1) is 15.2. The molecule has 32 heavy (non-hydrogen) atoms. The van der Waals surface area contributed by atoms with Crippen LogP contribution in [0.15, 0.2) is 18.2 Å². The summed E-state index contributed by atoms with van der Waals surface area (Å²) in [5, 5.41) is 0. The largest absolute Gasteiger partial charge is 0.449 e. The number of amides is 3. The van der Waals surface area contributed by atoms with Crippen LogP contribution >= 0.6 is 0 Å². The number of likely N-dealkylation sites (tertiary alicyclic amines) is 1. The number of nitrogens with zero attached hydrogens (tertiary/aromatic N) is 3. The first-order valence-electron chi connectivity index (χ1n) is 11.8. The van der Waals surface area contributed by atoms with E-state index in [2.05, 4.69) is 6.07 Å². The third-order valence-electron chi connectivity index (χ3n) is 6.13. The zero-order chi connectivity index (χ0) is 23.3. The molecule has 2 heterocycles. The lowest BCUT2D eigenvalue weighted by atomic mass is 9.95. The molecule has 0 saturated carbocycles. The van der Waals surface area contributed by atoms with Gasteiger partial charge in [-0.15, -0.1) is 0 Å². The molecule has 2 aliphatic heterocycles. The van der Waals surface area contributed by atoms with E-state index in [0.717, 1.165) is 30.4 Å². The van der Waals surface area contributed by atoms with Crippen LogP contribution in [0.25, 0.3) is 0 Å². The van der Waals surface area contributed by atoms with Crippen LogP contribution in [0, 0.1) is 25.7 Å². The zero-order valence-electron chi connectivity index (χ0n) is 19.9. The first-order valence-corrected chi connectivity index (χ1v) is 11.8. The average molecular weight is 444 g/mol. The number of ether oxygens (including phenoxy) is 1. The molecule has 2 saturated heterocycles. The summed E-state index contributed by atoms with van der Waals surface area (Å²) in [7, 11) is 0. The van der Waals surface area contributed by atoms with E-state index in [1.807, 2.05) is 49.6 Å². The topological polar surface area (TPSA) is 70.2 Å². The number of benzene rings is 1. The molecule has 7 heteroatoms. The number of rotatable bonds is 4. The van der Waals surface area contributed by atoms with Gasteiger partial charge in [0.25, 0.3) is 5.91 Å². The Morgan fingerprint density at radius 3 is 2.22 bits per heavy atom. The van der Waals surface area contributed by atoms with Crippen molar-refractivity contribution in [2.45, 2.75) is 47.0 Å². The summed E-state index contributed by atoms with van der Waals surface area (Å²) in [6.45, 7) is 11.8. The normalized spacial score (nSPS) is 19.7. The number of hydrogen-bond donors (Lipinski definition) is 0. The minimum absolute atomic E-state index is 0.00393. The van der Waals surface area contributed by atoms with Crippen LogP contribution in [-0.2, 0) is 9.53 Å². The predicted octanol–water partition coefficient (Wildman–Crippen LogP) is 3.48. The Kier molecular flexibility index (Phi) is 8.15. The molecule has 0 bridgehead atoms. The van der Waals surface area contributed by atoms with Crippen molar-refractivity contribution in [1.82, 2.24) is 14.7 Å². The third kappa shape index (κ3) is 6.24. The monoisotopic (exact) mass is 443 g/mol. The molecule has 1 aromatic rings. The first kappa shape index (κ1) is 24.1. The fourth-order valence-electron chi connectivity index (χ4n) is 4.55. The van der Waals surface area contributed by atoms with Crippen LogP contribution in [0.3, 0.4) is 0 Å². The van der Waals surface area contributed by atoms with E-state index in [4.69, 9.17) is 4.74 Å². The molecule has 2 fully saturated rings. The van der Waals surface area contributed by atoms with E-state index >= 15 is 0 Å². The van der Waals surface area contributed by atoms with Crippen molar-refractivity contribution in [2.24, 2.45) is 11.8 Å². The lowest BCUT2D eigenvalue weighted by Gasteiger charge is -2.35. The van der Waals surface area contributed by atoms with Crippen molar-refractivity contribution < 1.29 is 19.1 Å². The van der Waals surface area contributed by atoms with Crippen molar-refractivity contribution in [3.05, 3.63) is 34.9 Å². The molecule has 0 N–H and O–H groups in total. The summed E-state index contributed by atoms with van der Waals surface area (Å²) in [6, 6.07) is 5.89. The second kappa shape index (κ2) is 10.8. The summed E-state index contributed by atoms with van der Waals surface area (Å²) in [4.78, 5) is 44.0. The van der Waals surface area contributed by atoms with Gasteiger partial charge in [-0.25, -0.2) is 4.79 Å². The molecule has 7 nitrogen and oxygen atoms in total. The van der Waals surface area contributed by atoms with E-state index in [1.165, 1.54) is 0 Å². The van der Waals surface area contributed by atoms with E-state index in [-0.39, 0.29) is 23.8 Å². The van der Waals surface area contributed by atoms with E-state index in [0.29, 0.717) is 57.4 Å². The van der Waals surface area contributed by atoms with Crippen molar-refractivity contribution in [1.29, 1.82) is 0 Å². The average Bonchev–Trinajstić information content (AvgIpc) is 3.02. The maximum absolute atomic E-state index is 13.3. The van der Waals surface area contributed by atoms with Gasteiger partial charge < -0.3 is 19.4 Å². The number of carbonyl (C=O) groups is 3. The van der Waals surface area contributed by atoms with Gasteiger partial charge in [-0.05, 0) is 51.2 Å². The summed E-state index contributed by atoms with van der Waals surface area (Å²) < 4.78 is 5.35. The van der Waals surface area contributed by atoms with Crippen molar-refractivity contribution >= 4 is 17.9 Å². The molecule has 1 aromatic carbocycles. The smallest absolute Gasteiger partial charge is 0.409 e. The number of carbonyl (C=O) groups excluding carboxylic acids is 3. The highest BCUT2D eigenvalue weighted by molar-refractivity contribution is 5.95. The van der Waals surface area contributed by atoms with Gasteiger partial charge >= 0.3 is 6.09 Å². The Balaban J connectivity index is 1.57. The van der Waals surface area contributed by atoms with Gasteiger partial charge in [0.15, 0.2) is 0 Å². The zero-order valence-corrected chi connectivity index (χ0v) is 19.9. The molecule has 1 unspecified atom stereocenters. The molecular weight excluding hydrogens is 406 g/mol. The van der Waals surface area contributed by atoms with E-state index in [1.54, 1.807) is 4.90 Å². The second-order valence-corrected chi connectivity index (χ2v) is 9.60. The second-order valence-electron chi connectivity index (χ2n) is 9.60. The van der Waals surface area contributed by atoms with Crippen molar-refractivity contribution in [3.63, 3.8) is 0 Å². The Morgan fingerprint density at radius 1 is 0.906 bits per heavy atom. The number of piperidine rings is 1. The summed E-state index contributed by atoms with van der Waals surface area (Å²) in [6.07, 6.45) is 2.07. The molecule has 2 aliphatic rings. The van der Waals surface area contributed by atoms with Gasteiger partial charge in [0, 0.05) is 44.8 Å². The van der Waals surface area contributed by atoms with Crippen LogP contribution in [-0.4, -0.2) is 78.5 Å². The molecule has 0 aliphatic carbocycles. The summed E-state index contributed by atoms with van der Waals surface area (Å²) >= 11 is 0. The van der Waals surface area contributed by atoms with Gasteiger partial charge in [0.1, 0.15) is 0 Å². The van der Waals surface area contributed by atoms with Gasteiger partial charge in [-0.2, -0.15) is 0 Å². The molecule has 0 spiro atoms. The van der Waals surface area contributed by atoms with E-state index in [9.17, 15) is 14.4 Å².